The van der Waals surface area contributed by atoms with Gasteiger partial charge in [0.05, 0.1) is 13.2 Å². The highest BCUT2D eigenvalue weighted by Gasteiger charge is 2.42. The molecule has 0 unspecified atom stereocenters. The lowest BCUT2D eigenvalue weighted by atomic mass is 9.75. The molecule has 2 fully saturated rings. The predicted octanol–water partition coefficient (Wildman–Crippen LogP) is 1.98. The Morgan fingerprint density at radius 1 is 1.33 bits per heavy atom. The third kappa shape index (κ3) is 3.11. The number of benzene rings is 1. The third-order valence-electron chi connectivity index (χ3n) is 4.82. The normalized spacial score (nSPS) is 21.6. The van der Waals surface area contributed by atoms with Crippen LogP contribution in [0.15, 0.2) is 24.3 Å². The predicted molar refractivity (Wildman–Crippen MR) is 82.5 cm³/mol. The molecule has 1 aromatic rings. The van der Waals surface area contributed by atoms with Crippen LogP contribution in [0.3, 0.4) is 0 Å². The molecule has 114 valence electrons. The van der Waals surface area contributed by atoms with Crippen molar-refractivity contribution in [2.75, 3.05) is 32.8 Å². The minimum Gasteiger partial charge on any atom is -0.379 e. The monoisotopic (exact) mass is 288 g/mol. The molecule has 4 nitrogen and oxygen atoms in total. The third-order valence-corrected chi connectivity index (χ3v) is 4.82. The average molecular weight is 288 g/mol. The molecule has 2 aliphatic rings. The van der Waals surface area contributed by atoms with Gasteiger partial charge in [-0.1, -0.05) is 17.7 Å². The Bertz CT molecular complexity index is 505. The Morgan fingerprint density at radius 2 is 2.10 bits per heavy atom. The number of hydrogen-bond donors (Lipinski definition) is 1. The van der Waals surface area contributed by atoms with Crippen LogP contribution in [0.5, 0.6) is 0 Å². The van der Waals surface area contributed by atoms with Gasteiger partial charge in [0, 0.05) is 30.7 Å². The van der Waals surface area contributed by atoms with Crippen molar-refractivity contribution >= 4 is 5.91 Å². The molecule has 1 saturated heterocycles. The zero-order valence-electron chi connectivity index (χ0n) is 12.7. The first-order valence-corrected chi connectivity index (χ1v) is 7.87. The molecule has 1 aliphatic carbocycles. The molecule has 0 spiro atoms. The average Bonchev–Trinajstić information content (AvgIpc) is 2.47. The highest BCUT2D eigenvalue weighted by molar-refractivity contribution is 5.94. The number of hydrogen-bond acceptors (Lipinski definition) is 3. The molecule has 1 heterocycles. The van der Waals surface area contributed by atoms with Gasteiger partial charge in [-0.25, -0.2) is 0 Å². The summed E-state index contributed by atoms with van der Waals surface area (Å²) in [6, 6.07) is 7.77. The first-order valence-electron chi connectivity index (χ1n) is 7.87. The van der Waals surface area contributed by atoms with E-state index in [0.29, 0.717) is 0 Å². The van der Waals surface area contributed by atoms with Crippen LogP contribution >= 0.6 is 0 Å². The minimum absolute atomic E-state index is 0.0400. The van der Waals surface area contributed by atoms with Crippen molar-refractivity contribution in [1.29, 1.82) is 0 Å². The van der Waals surface area contributed by atoms with Crippen molar-refractivity contribution in [3.05, 3.63) is 35.4 Å². The number of nitrogens with zero attached hydrogens (tertiary/aromatic N) is 1. The summed E-state index contributed by atoms with van der Waals surface area (Å²) in [7, 11) is 0. The molecule has 1 aliphatic heterocycles. The van der Waals surface area contributed by atoms with Gasteiger partial charge in [0.15, 0.2) is 0 Å². The molecule has 0 radical (unpaired) electrons. The van der Waals surface area contributed by atoms with E-state index < -0.39 is 0 Å². The summed E-state index contributed by atoms with van der Waals surface area (Å²) in [5, 5.41) is 3.14. The lowest BCUT2D eigenvalue weighted by Crippen LogP contribution is -2.62. The second-order valence-corrected chi connectivity index (χ2v) is 6.23. The van der Waals surface area contributed by atoms with Gasteiger partial charge in [0.1, 0.15) is 0 Å². The second-order valence-electron chi connectivity index (χ2n) is 6.23. The topological polar surface area (TPSA) is 41.6 Å². The number of carbonyl (C=O) groups is 1. The van der Waals surface area contributed by atoms with Crippen molar-refractivity contribution in [3.63, 3.8) is 0 Å². The van der Waals surface area contributed by atoms with Gasteiger partial charge >= 0.3 is 0 Å². The summed E-state index contributed by atoms with van der Waals surface area (Å²) in [5.74, 6) is 0.0400. The highest BCUT2D eigenvalue weighted by Crippen LogP contribution is 2.37. The summed E-state index contributed by atoms with van der Waals surface area (Å²) in [5.41, 5.74) is 2.05. The van der Waals surface area contributed by atoms with Gasteiger partial charge in [0.2, 0.25) is 0 Å². The Labute approximate surface area is 126 Å². The molecular formula is C17H24N2O2. The summed E-state index contributed by atoms with van der Waals surface area (Å²) in [4.78, 5) is 14.8. The van der Waals surface area contributed by atoms with Crippen molar-refractivity contribution in [3.8, 4) is 0 Å². The van der Waals surface area contributed by atoms with E-state index in [0.717, 1.165) is 44.0 Å². The van der Waals surface area contributed by atoms with Crippen molar-refractivity contribution in [1.82, 2.24) is 10.2 Å². The van der Waals surface area contributed by atoms with Crippen LogP contribution < -0.4 is 5.32 Å². The van der Waals surface area contributed by atoms with Crippen LogP contribution in [-0.2, 0) is 4.74 Å². The maximum absolute atomic E-state index is 12.3. The number of rotatable bonds is 4. The van der Waals surface area contributed by atoms with Crippen molar-refractivity contribution < 1.29 is 9.53 Å². The first-order chi connectivity index (χ1) is 10.2. The van der Waals surface area contributed by atoms with Crippen LogP contribution in [0.2, 0.25) is 0 Å². The quantitative estimate of drug-likeness (QED) is 0.921. The fraction of sp³-hybridized carbons (Fsp3) is 0.588. The number of aryl methyl sites for hydroxylation is 1. The lowest BCUT2D eigenvalue weighted by molar-refractivity contribution is -0.0540. The molecule has 3 rings (SSSR count). The number of amides is 1. The van der Waals surface area contributed by atoms with E-state index in [9.17, 15) is 4.79 Å². The smallest absolute Gasteiger partial charge is 0.251 e. The van der Waals surface area contributed by atoms with Crippen LogP contribution in [0.4, 0.5) is 0 Å². The van der Waals surface area contributed by atoms with Gasteiger partial charge in [-0.2, -0.15) is 0 Å². The van der Waals surface area contributed by atoms with Crippen LogP contribution in [0.1, 0.15) is 35.2 Å². The largest absolute Gasteiger partial charge is 0.379 e. The standard InChI is InChI=1S/C17H24N2O2/c1-14-4-2-5-15(12-14)16(20)18-13-17(6-3-7-17)19-8-10-21-11-9-19/h2,4-5,12H,3,6-11,13H2,1H3,(H,18,20). The maximum atomic E-state index is 12.3. The molecule has 21 heavy (non-hydrogen) atoms. The number of carbonyl (C=O) groups excluding carboxylic acids is 1. The summed E-state index contributed by atoms with van der Waals surface area (Å²) < 4.78 is 5.44. The molecule has 1 aromatic carbocycles. The lowest BCUT2D eigenvalue weighted by Gasteiger charge is -2.51. The SMILES string of the molecule is Cc1cccc(C(=O)NCC2(N3CCOCC3)CCC2)c1. The van der Waals surface area contributed by atoms with Gasteiger partial charge < -0.3 is 10.1 Å². The second kappa shape index (κ2) is 6.16. The number of nitrogens with one attached hydrogen (secondary N) is 1. The zero-order chi connectivity index (χ0) is 14.7. The first kappa shape index (κ1) is 14.5. The van der Waals surface area contributed by atoms with E-state index in [2.05, 4.69) is 10.2 Å². The maximum Gasteiger partial charge on any atom is 0.251 e. The summed E-state index contributed by atoms with van der Waals surface area (Å²) in [6.07, 6.45) is 3.62. The van der Waals surface area contributed by atoms with E-state index in [-0.39, 0.29) is 11.4 Å². The molecule has 0 atom stereocenters. The Hall–Kier alpha value is -1.39. The van der Waals surface area contributed by atoms with Crippen molar-refractivity contribution in [2.24, 2.45) is 0 Å². The molecule has 1 N–H and O–H groups in total. The van der Waals surface area contributed by atoms with Crippen LogP contribution in [-0.4, -0.2) is 49.2 Å². The van der Waals surface area contributed by atoms with Crippen LogP contribution in [0.25, 0.3) is 0 Å². The van der Waals surface area contributed by atoms with Crippen LogP contribution in [0, 0.1) is 6.92 Å². The van der Waals surface area contributed by atoms with E-state index >= 15 is 0 Å². The number of morpholine rings is 1. The van der Waals surface area contributed by atoms with Gasteiger partial charge in [-0.15, -0.1) is 0 Å². The Kier molecular flexibility index (Phi) is 4.27. The molecule has 0 bridgehead atoms. The molecular weight excluding hydrogens is 264 g/mol. The van der Waals surface area contributed by atoms with Gasteiger partial charge in [-0.05, 0) is 38.3 Å². The Balaban J connectivity index is 1.61. The molecule has 1 saturated carbocycles. The molecule has 4 heteroatoms. The van der Waals surface area contributed by atoms with Crippen molar-refractivity contribution in [2.45, 2.75) is 31.7 Å². The highest BCUT2D eigenvalue weighted by atomic mass is 16.5. The van der Waals surface area contributed by atoms with E-state index in [1.54, 1.807) is 0 Å². The minimum atomic E-state index is 0.0400. The zero-order valence-corrected chi connectivity index (χ0v) is 12.7. The Morgan fingerprint density at radius 3 is 2.71 bits per heavy atom. The van der Waals surface area contributed by atoms with E-state index in [1.807, 2.05) is 31.2 Å². The van der Waals surface area contributed by atoms with Gasteiger partial charge in [-0.3, -0.25) is 9.69 Å². The molecule has 1 amide bonds. The fourth-order valence-electron chi connectivity index (χ4n) is 3.36. The fourth-order valence-corrected chi connectivity index (χ4v) is 3.36. The summed E-state index contributed by atoms with van der Waals surface area (Å²) in [6.45, 7) is 6.36. The number of ether oxygens (including phenoxy) is 1. The summed E-state index contributed by atoms with van der Waals surface area (Å²) >= 11 is 0. The molecule has 0 aromatic heterocycles. The van der Waals surface area contributed by atoms with E-state index in [4.69, 9.17) is 4.74 Å². The van der Waals surface area contributed by atoms with E-state index in [1.165, 1.54) is 19.3 Å². The van der Waals surface area contributed by atoms with Gasteiger partial charge in [0.25, 0.3) is 5.91 Å².